The highest BCUT2D eigenvalue weighted by Gasteiger charge is 2.08. The molecule has 0 heterocycles. The molecule has 19 heavy (non-hydrogen) atoms. The number of Topliss-reactive ketones (excluding diaryl/α,β-unsaturated/α-hetero) is 1. The van der Waals surface area contributed by atoms with Crippen LogP contribution in [0.2, 0.25) is 5.31 Å². The summed E-state index contributed by atoms with van der Waals surface area (Å²) >= 11 is 0. The highest BCUT2D eigenvalue weighted by atomic mass is 16.5. The molecule has 4 heteroatoms. The molecular formula is C15H23BO3. The van der Waals surface area contributed by atoms with Gasteiger partial charge in [0.2, 0.25) is 5.78 Å². The number of para-hydroxylation sites is 1. The number of hydrogen-bond donors (Lipinski definition) is 0. The molecule has 0 amide bonds. The number of esters is 1. The van der Waals surface area contributed by atoms with E-state index in [0.717, 1.165) is 0 Å². The van der Waals surface area contributed by atoms with Crippen LogP contribution in [0.1, 0.15) is 41.5 Å². The van der Waals surface area contributed by atoms with Crippen molar-refractivity contribution in [1.29, 1.82) is 0 Å². The van der Waals surface area contributed by atoms with Crippen molar-refractivity contribution in [1.82, 2.24) is 0 Å². The summed E-state index contributed by atoms with van der Waals surface area (Å²) in [5, 5.41) is 0. The fourth-order valence-corrected chi connectivity index (χ4v) is 0.667. The molecule has 0 unspecified atom stereocenters. The van der Waals surface area contributed by atoms with Crippen LogP contribution in [0.3, 0.4) is 0 Å². The predicted octanol–water partition coefficient (Wildman–Crippen LogP) is 3.58. The standard InChI is InChI=1S/C9H8O3.C4H9B.C2H6/c1-7(10)9(11)12-8-5-3-2-4-6-8;1-4(2,3)5;1-2/h2-6H,1H3;1-3H3;1-2H3. The Labute approximate surface area is 117 Å². The Morgan fingerprint density at radius 3 is 1.74 bits per heavy atom. The molecule has 0 fully saturated rings. The Balaban J connectivity index is 0. The van der Waals surface area contributed by atoms with Gasteiger partial charge in [-0.1, -0.05) is 58.1 Å². The van der Waals surface area contributed by atoms with E-state index in [1.807, 2.05) is 34.6 Å². The normalized spacial score (nSPS) is 9.16. The largest absolute Gasteiger partial charge is 0.421 e. The van der Waals surface area contributed by atoms with Gasteiger partial charge in [-0.05, 0) is 12.1 Å². The van der Waals surface area contributed by atoms with Crippen LogP contribution in [0.15, 0.2) is 30.3 Å². The molecule has 0 atom stereocenters. The van der Waals surface area contributed by atoms with E-state index in [1.54, 1.807) is 30.3 Å². The molecule has 1 aromatic rings. The summed E-state index contributed by atoms with van der Waals surface area (Å²) in [4.78, 5) is 21.2. The van der Waals surface area contributed by atoms with Crippen molar-refractivity contribution in [3.05, 3.63) is 30.3 Å². The van der Waals surface area contributed by atoms with Gasteiger partial charge in [0, 0.05) is 6.92 Å². The summed E-state index contributed by atoms with van der Waals surface area (Å²) in [5.41, 5.74) is 0. The van der Waals surface area contributed by atoms with E-state index in [9.17, 15) is 9.59 Å². The molecule has 104 valence electrons. The highest BCUT2D eigenvalue weighted by molar-refractivity contribution is 6.33. The Kier molecular flexibility index (Phi) is 10.8. The fraction of sp³-hybridized carbons (Fsp3) is 0.467. The molecule has 1 aromatic carbocycles. The molecule has 0 spiro atoms. The second kappa shape index (κ2) is 10.4. The molecule has 0 saturated carbocycles. The first-order valence-electron chi connectivity index (χ1n) is 6.27. The molecule has 0 aliphatic rings. The van der Waals surface area contributed by atoms with Crippen LogP contribution >= 0.6 is 0 Å². The molecule has 0 N–H and O–H groups in total. The number of benzene rings is 1. The lowest BCUT2D eigenvalue weighted by atomic mass is 9.75. The number of ether oxygens (including phenoxy) is 1. The van der Waals surface area contributed by atoms with Gasteiger partial charge in [0.15, 0.2) is 0 Å². The monoisotopic (exact) mass is 262 g/mol. The highest BCUT2D eigenvalue weighted by Crippen LogP contribution is 2.13. The average Bonchev–Trinajstić information content (AvgIpc) is 2.30. The molecule has 0 aromatic heterocycles. The first kappa shape index (κ1) is 19.8. The Bertz CT molecular complexity index is 361. The van der Waals surface area contributed by atoms with Crippen LogP contribution in [0, 0.1) is 0 Å². The van der Waals surface area contributed by atoms with Gasteiger partial charge in [-0.2, -0.15) is 0 Å². The Hall–Kier alpha value is -1.58. The maximum atomic E-state index is 10.7. The minimum atomic E-state index is -0.832. The van der Waals surface area contributed by atoms with Crippen molar-refractivity contribution in [2.24, 2.45) is 0 Å². The molecule has 0 aliphatic carbocycles. The van der Waals surface area contributed by atoms with Gasteiger partial charge < -0.3 is 4.74 Å². The minimum absolute atomic E-state index is 0. The van der Waals surface area contributed by atoms with Crippen LogP contribution in [-0.4, -0.2) is 19.6 Å². The summed E-state index contributed by atoms with van der Waals surface area (Å²) in [6, 6.07) is 8.47. The molecule has 2 radical (unpaired) electrons. The van der Waals surface area contributed by atoms with Crippen molar-refractivity contribution in [3.63, 3.8) is 0 Å². The predicted molar refractivity (Wildman–Crippen MR) is 79.6 cm³/mol. The molecule has 1 rings (SSSR count). The summed E-state index contributed by atoms with van der Waals surface area (Å²) in [5.74, 6) is -1.04. The number of ketones is 1. The number of rotatable bonds is 2. The first-order chi connectivity index (χ1) is 8.70. The lowest BCUT2D eigenvalue weighted by Gasteiger charge is -2.05. The van der Waals surface area contributed by atoms with Crippen LogP contribution < -0.4 is 4.74 Å². The van der Waals surface area contributed by atoms with E-state index in [0.29, 0.717) is 5.75 Å². The van der Waals surface area contributed by atoms with Gasteiger partial charge in [0.1, 0.15) is 5.75 Å². The molecule has 0 bridgehead atoms. The Morgan fingerprint density at radius 1 is 1.05 bits per heavy atom. The maximum Gasteiger partial charge on any atom is 0.379 e. The smallest absolute Gasteiger partial charge is 0.379 e. The summed E-state index contributed by atoms with van der Waals surface area (Å²) < 4.78 is 4.69. The van der Waals surface area contributed by atoms with E-state index >= 15 is 0 Å². The zero-order valence-electron chi connectivity index (χ0n) is 12.7. The molecular weight excluding hydrogens is 239 g/mol. The van der Waals surface area contributed by atoms with Crippen molar-refractivity contribution >= 4 is 19.6 Å². The number of carbonyl (C=O) groups excluding carboxylic acids is 2. The SMILES string of the molecule is CC.CC(=O)C(=O)Oc1ccccc1.[B]C(C)(C)C. The van der Waals surface area contributed by atoms with Gasteiger partial charge in [-0.3, -0.25) is 4.79 Å². The zero-order valence-corrected chi connectivity index (χ0v) is 12.7. The third-order valence-electron chi connectivity index (χ3n) is 1.24. The second-order valence-electron chi connectivity index (χ2n) is 4.62. The third-order valence-corrected chi connectivity index (χ3v) is 1.24. The lowest BCUT2D eigenvalue weighted by Crippen LogP contribution is -2.16. The Morgan fingerprint density at radius 2 is 1.42 bits per heavy atom. The first-order valence-corrected chi connectivity index (χ1v) is 6.27. The van der Waals surface area contributed by atoms with E-state index in [4.69, 9.17) is 7.85 Å². The third kappa shape index (κ3) is 16.4. The van der Waals surface area contributed by atoms with Crippen molar-refractivity contribution in [2.45, 2.75) is 46.9 Å². The van der Waals surface area contributed by atoms with Crippen LogP contribution in [0.4, 0.5) is 0 Å². The minimum Gasteiger partial charge on any atom is -0.421 e. The van der Waals surface area contributed by atoms with E-state index in [1.165, 1.54) is 6.92 Å². The zero-order chi connectivity index (χ0) is 15.5. The van der Waals surface area contributed by atoms with Crippen molar-refractivity contribution < 1.29 is 14.3 Å². The number of hydrogen-bond acceptors (Lipinski definition) is 3. The quantitative estimate of drug-likeness (QED) is 0.354. The summed E-state index contributed by atoms with van der Waals surface area (Å²) in [7, 11) is 5.35. The second-order valence-corrected chi connectivity index (χ2v) is 4.62. The maximum absolute atomic E-state index is 10.7. The molecule has 0 saturated heterocycles. The average molecular weight is 262 g/mol. The van der Waals surface area contributed by atoms with E-state index in [-0.39, 0.29) is 5.31 Å². The fourth-order valence-electron chi connectivity index (χ4n) is 0.667. The van der Waals surface area contributed by atoms with Crippen LogP contribution in [-0.2, 0) is 9.59 Å². The van der Waals surface area contributed by atoms with E-state index in [2.05, 4.69) is 4.74 Å². The van der Waals surface area contributed by atoms with Crippen molar-refractivity contribution in [2.75, 3.05) is 0 Å². The van der Waals surface area contributed by atoms with Crippen LogP contribution in [0.25, 0.3) is 0 Å². The summed E-state index contributed by atoms with van der Waals surface area (Å²) in [6.07, 6.45) is 0. The van der Waals surface area contributed by atoms with Crippen molar-refractivity contribution in [3.8, 4) is 5.75 Å². The number of carbonyl (C=O) groups is 2. The topological polar surface area (TPSA) is 43.4 Å². The van der Waals surface area contributed by atoms with Gasteiger partial charge in [0.05, 0.1) is 7.85 Å². The lowest BCUT2D eigenvalue weighted by molar-refractivity contribution is -0.146. The van der Waals surface area contributed by atoms with Gasteiger partial charge in [-0.15, -0.1) is 0 Å². The molecule has 0 aliphatic heterocycles. The molecule has 3 nitrogen and oxygen atoms in total. The van der Waals surface area contributed by atoms with Gasteiger partial charge >= 0.3 is 5.97 Å². The van der Waals surface area contributed by atoms with Gasteiger partial charge in [-0.25, -0.2) is 4.79 Å². The van der Waals surface area contributed by atoms with Crippen LogP contribution in [0.5, 0.6) is 5.75 Å². The van der Waals surface area contributed by atoms with Gasteiger partial charge in [0.25, 0.3) is 0 Å². The summed E-state index contributed by atoms with van der Waals surface area (Å²) in [6.45, 7) is 11.1. The van der Waals surface area contributed by atoms with E-state index < -0.39 is 11.8 Å².